The van der Waals surface area contributed by atoms with Gasteiger partial charge in [-0.2, -0.15) is 0 Å². The number of benzene rings is 2. The van der Waals surface area contributed by atoms with Gasteiger partial charge in [-0.1, -0.05) is 30.3 Å². The number of fused-ring (bicyclic) bond motifs is 1. The molecule has 7 nitrogen and oxygen atoms in total. The van der Waals surface area contributed by atoms with Gasteiger partial charge in [0.15, 0.2) is 0 Å². The Morgan fingerprint density at radius 1 is 1.04 bits per heavy atom. The van der Waals surface area contributed by atoms with E-state index in [0.29, 0.717) is 11.3 Å². The van der Waals surface area contributed by atoms with Crippen LogP contribution in [-0.2, 0) is 27.8 Å². The van der Waals surface area contributed by atoms with Crippen molar-refractivity contribution >= 4 is 34.4 Å². The Kier molecular flexibility index (Phi) is 5.74. The summed E-state index contributed by atoms with van der Waals surface area (Å²) in [5.74, 6) is -0.974. The van der Waals surface area contributed by atoms with Gasteiger partial charge in [0.05, 0.1) is 19.1 Å². The van der Waals surface area contributed by atoms with Gasteiger partial charge in [0.2, 0.25) is 5.91 Å². The van der Waals surface area contributed by atoms with E-state index >= 15 is 0 Å². The smallest absolute Gasteiger partial charge is 0.325 e. The maximum Gasteiger partial charge on any atom is 0.325 e. The molecule has 3 rings (SSSR count). The second-order valence-electron chi connectivity index (χ2n) is 6.35. The van der Waals surface area contributed by atoms with Crippen molar-refractivity contribution < 1.29 is 19.1 Å². The number of ether oxygens (including phenoxy) is 1. The summed E-state index contributed by atoms with van der Waals surface area (Å²) >= 11 is 0. The number of carbonyl (C=O) groups is 3. The number of rotatable bonds is 6. The highest BCUT2D eigenvalue weighted by atomic mass is 16.5. The number of aromatic nitrogens is 1. The first kappa shape index (κ1) is 19.2. The summed E-state index contributed by atoms with van der Waals surface area (Å²) in [6, 6.07) is 14.7. The quantitative estimate of drug-likeness (QED) is 0.643. The Morgan fingerprint density at radius 2 is 1.75 bits per heavy atom. The molecule has 0 aliphatic carbocycles. The first-order valence-electron chi connectivity index (χ1n) is 8.76. The largest absolute Gasteiger partial charge is 0.468 e. The molecule has 1 aromatic heterocycles. The van der Waals surface area contributed by atoms with E-state index in [9.17, 15) is 14.4 Å². The van der Waals surface area contributed by atoms with E-state index in [2.05, 4.69) is 15.4 Å². The molecule has 2 amide bonds. The molecule has 0 bridgehead atoms. The molecule has 3 aromatic rings. The van der Waals surface area contributed by atoms with Crippen LogP contribution >= 0.6 is 0 Å². The number of nitrogens with zero attached hydrogens (tertiary/aromatic N) is 1. The predicted molar refractivity (Wildman–Crippen MR) is 106 cm³/mol. The van der Waals surface area contributed by atoms with Crippen LogP contribution in [0.2, 0.25) is 0 Å². The highest BCUT2D eigenvalue weighted by Gasteiger charge is 2.14. The van der Waals surface area contributed by atoms with Crippen LogP contribution in [-0.4, -0.2) is 36.0 Å². The van der Waals surface area contributed by atoms with Crippen LogP contribution in [0.4, 0.5) is 5.69 Å². The maximum atomic E-state index is 12.6. The van der Waals surface area contributed by atoms with Crippen LogP contribution in [0, 0.1) is 0 Å². The van der Waals surface area contributed by atoms with Crippen molar-refractivity contribution in [2.75, 3.05) is 19.0 Å². The zero-order chi connectivity index (χ0) is 20.1. The van der Waals surface area contributed by atoms with Gasteiger partial charge in [0.1, 0.15) is 6.54 Å². The first-order chi connectivity index (χ1) is 13.5. The molecule has 0 radical (unpaired) electrons. The Morgan fingerprint density at radius 3 is 2.46 bits per heavy atom. The summed E-state index contributed by atoms with van der Waals surface area (Å²) in [5.41, 5.74) is 2.99. The van der Waals surface area contributed by atoms with Gasteiger partial charge in [-0.3, -0.25) is 14.4 Å². The lowest BCUT2D eigenvalue weighted by molar-refractivity contribution is -0.141. The van der Waals surface area contributed by atoms with Crippen molar-refractivity contribution in [1.82, 2.24) is 9.88 Å². The number of aryl methyl sites for hydroxylation is 1. The molecule has 2 N–H and O–H groups in total. The Labute approximate surface area is 162 Å². The number of carbonyl (C=O) groups excluding carboxylic acids is 3. The van der Waals surface area contributed by atoms with E-state index in [0.717, 1.165) is 16.5 Å². The topological polar surface area (TPSA) is 89.4 Å². The van der Waals surface area contributed by atoms with Crippen LogP contribution < -0.4 is 10.6 Å². The number of esters is 1. The zero-order valence-corrected chi connectivity index (χ0v) is 15.7. The normalized spacial score (nSPS) is 10.5. The van der Waals surface area contributed by atoms with Crippen LogP contribution in [0.25, 0.3) is 10.9 Å². The number of methoxy groups -OCH3 is 1. The van der Waals surface area contributed by atoms with Gasteiger partial charge in [-0.05, 0) is 23.8 Å². The summed E-state index contributed by atoms with van der Waals surface area (Å²) < 4.78 is 6.39. The summed E-state index contributed by atoms with van der Waals surface area (Å²) in [6.07, 6.45) is 1.94. The molecule has 2 aromatic carbocycles. The van der Waals surface area contributed by atoms with E-state index in [4.69, 9.17) is 0 Å². The van der Waals surface area contributed by atoms with E-state index in [1.165, 1.54) is 7.11 Å². The number of nitrogens with one attached hydrogen (secondary N) is 2. The molecule has 28 heavy (non-hydrogen) atoms. The molecule has 144 valence electrons. The maximum absolute atomic E-state index is 12.6. The second kappa shape index (κ2) is 8.39. The molecule has 0 spiro atoms. The van der Waals surface area contributed by atoms with Crippen molar-refractivity contribution in [2.45, 2.75) is 6.42 Å². The van der Waals surface area contributed by atoms with Crippen LogP contribution in [0.5, 0.6) is 0 Å². The van der Waals surface area contributed by atoms with Crippen molar-refractivity contribution in [3.8, 4) is 0 Å². The number of hydrogen-bond donors (Lipinski definition) is 2. The highest BCUT2D eigenvalue weighted by molar-refractivity contribution is 6.13. The van der Waals surface area contributed by atoms with Crippen LogP contribution in [0.3, 0.4) is 0 Å². The van der Waals surface area contributed by atoms with Gasteiger partial charge in [-0.25, -0.2) is 0 Å². The summed E-state index contributed by atoms with van der Waals surface area (Å²) in [7, 11) is 3.17. The van der Waals surface area contributed by atoms with Gasteiger partial charge >= 0.3 is 5.97 Å². The minimum absolute atomic E-state index is 0.133. The van der Waals surface area contributed by atoms with Crippen molar-refractivity contribution in [3.05, 3.63) is 65.9 Å². The molecular weight excluding hydrogens is 358 g/mol. The standard InChI is InChI=1S/C21H21N3O4/c1-24-13-17(16-5-3-4-6-18(16)24)21(27)23-15-9-7-14(8-10-15)11-19(25)22-12-20(26)28-2/h3-10,13H,11-12H2,1-2H3,(H,22,25)(H,23,27). The predicted octanol–water partition coefficient (Wildman–Crippen LogP) is 2.26. The van der Waals surface area contributed by atoms with E-state index in [1.807, 2.05) is 35.9 Å². The molecular formula is C21H21N3O4. The molecule has 1 heterocycles. The lowest BCUT2D eigenvalue weighted by atomic mass is 10.1. The minimum Gasteiger partial charge on any atom is -0.468 e. The molecule has 0 aliphatic rings. The third-order valence-corrected chi connectivity index (χ3v) is 4.38. The summed E-state index contributed by atoms with van der Waals surface area (Å²) in [5, 5.41) is 6.25. The van der Waals surface area contributed by atoms with Gasteiger partial charge in [0.25, 0.3) is 5.91 Å². The van der Waals surface area contributed by atoms with Gasteiger partial charge < -0.3 is 19.9 Å². The van der Waals surface area contributed by atoms with E-state index in [1.54, 1.807) is 30.5 Å². The SMILES string of the molecule is COC(=O)CNC(=O)Cc1ccc(NC(=O)c2cn(C)c3ccccc23)cc1. The van der Waals surface area contributed by atoms with Crippen LogP contribution in [0.15, 0.2) is 54.7 Å². The lowest BCUT2D eigenvalue weighted by Crippen LogP contribution is -2.31. The van der Waals surface area contributed by atoms with Crippen molar-refractivity contribution in [3.63, 3.8) is 0 Å². The van der Waals surface area contributed by atoms with Gasteiger partial charge in [-0.15, -0.1) is 0 Å². The molecule has 0 fully saturated rings. The van der Waals surface area contributed by atoms with Crippen LogP contribution in [0.1, 0.15) is 15.9 Å². The molecule has 0 unspecified atom stereocenters. The number of hydrogen-bond acceptors (Lipinski definition) is 4. The van der Waals surface area contributed by atoms with E-state index < -0.39 is 5.97 Å². The van der Waals surface area contributed by atoms with E-state index in [-0.39, 0.29) is 24.8 Å². The first-order valence-corrected chi connectivity index (χ1v) is 8.76. The second-order valence-corrected chi connectivity index (χ2v) is 6.35. The molecule has 0 saturated heterocycles. The number of anilines is 1. The van der Waals surface area contributed by atoms with Crippen molar-refractivity contribution in [2.24, 2.45) is 7.05 Å². The zero-order valence-electron chi connectivity index (χ0n) is 15.7. The molecule has 0 saturated carbocycles. The third-order valence-electron chi connectivity index (χ3n) is 4.38. The Hall–Kier alpha value is -3.61. The minimum atomic E-state index is -0.500. The Balaban J connectivity index is 1.63. The molecule has 7 heteroatoms. The fraction of sp³-hybridized carbons (Fsp3) is 0.190. The third kappa shape index (κ3) is 4.37. The fourth-order valence-electron chi connectivity index (χ4n) is 2.92. The number of para-hydroxylation sites is 1. The fourth-order valence-corrected chi connectivity index (χ4v) is 2.92. The monoisotopic (exact) mass is 379 g/mol. The average Bonchev–Trinajstić information content (AvgIpc) is 3.05. The van der Waals surface area contributed by atoms with Gasteiger partial charge in [0, 0.05) is 29.8 Å². The summed E-state index contributed by atoms with van der Waals surface area (Å²) in [4.78, 5) is 35.5. The average molecular weight is 379 g/mol. The lowest BCUT2D eigenvalue weighted by Gasteiger charge is -2.07. The highest BCUT2D eigenvalue weighted by Crippen LogP contribution is 2.21. The number of amides is 2. The van der Waals surface area contributed by atoms with Crippen molar-refractivity contribution in [1.29, 1.82) is 0 Å². The molecule has 0 aliphatic heterocycles. The Bertz CT molecular complexity index is 1020. The molecule has 0 atom stereocenters. The summed E-state index contributed by atoms with van der Waals surface area (Å²) in [6.45, 7) is -0.158.